The number of carbonyl (C=O) groups is 1. The number of rotatable bonds is 9. The van der Waals surface area contributed by atoms with E-state index in [0.717, 1.165) is 19.5 Å². The highest BCUT2D eigenvalue weighted by atomic mass is 16.4. The maximum absolute atomic E-state index is 11.0. The SMILES string of the molecule is CC(C)C[C@@H](/C=C/C(=O)O)N(Cc1ccccc1)Cc1ccccc1. The van der Waals surface area contributed by atoms with Crippen LogP contribution in [-0.4, -0.2) is 22.0 Å². The molecule has 1 N–H and O–H groups in total. The smallest absolute Gasteiger partial charge is 0.328 e. The van der Waals surface area contributed by atoms with E-state index >= 15 is 0 Å². The first kappa shape index (κ1) is 18.9. The molecule has 0 aromatic heterocycles. The minimum Gasteiger partial charge on any atom is -0.478 e. The molecule has 25 heavy (non-hydrogen) atoms. The van der Waals surface area contributed by atoms with E-state index in [0.29, 0.717) is 5.92 Å². The fourth-order valence-electron chi connectivity index (χ4n) is 2.95. The fraction of sp³-hybridized carbons (Fsp3) is 0.318. The number of carboxylic acid groups (broad SMARTS) is 1. The highest BCUT2D eigenvalue weighted by Gasteiger charge is 2.18. The van der Waals surface area contributed by atoms with Gasteiger partial charge in [-0.05, 0) is 23.5 Å². The number of benzene rings is 2. The lowest BCUT2D eigenvalue weighted by Gasteiger charge is -2.31. The molecule has 2 rings (SSSR count). The van der Waals surface area contributed by atoms with Crippen LogP contribution in [0.5, 0.6) is 0 Å². The molecular formula is C22H27NO2. The zero-order valence-electron chi connectivity index (χ0n) is 15.0. The predicted octanol–water partition coefficient (Wildman–Crippen LogP) is 4.74. The second-order valence-corrected chi connectivity index (χ2v) is 6.77. The van der Waals surface area contributed by atoms with E-state index in [9.17, 15) is 4.79 Å². The molecule has 2 aromatic rings. The average molecular weight is 337 g/mol. The van der Waals surface area contributed by atoms with E-state index < -0.39 is 5.97 Å². The van der Waals surface area contributed by atoms with Gasteiger partial charge in [-0.1, -0.05) is 80.6 Å². The zero-order chi connectivity index (χ0) is 18.1. The monoisotopic (exact) mass is 337 g/mol. The first-order chi connectivity index (χ1) is 12.0. The van der Waals surface area contributed by atoms with Crippen molar-refractivity contribution < 1.29 is 9.90 Å². The topological polar surface area (TPSA) is 40.5 Å². The molecule has 0 fully saturated rings. The number of nitrogens with zero attached hydrogens (tertiary/aromatic N) is 1. The Kier molecular flexibility index (Phi) is 7.42. The molecule has 0 radical (unpaired) electrons. The summed E-state index contributed by atoms with van der Waals surface area (Å²) >= 11 is 0. The lowest BCUT2D eigenvalue weighted by atomic mass is 10.00. The van der Waals surface area contributed by atoms with Crippen LogP contribution in [0.4, 0.5) is 0 Å². The molecule has 0 aliphatic carbocycles. The molecule has 0 aliphatic heterocycles. The molecule has 3 heteroatoms. The van der Waals surface area contributed by atoms with Gasteiger partial charge in [0.25, 0.3) is 0 Å². The first-order valence-electron chi connectivity index (χ1n) is 8.77. The number of carboxylic acids is 1. The highest BCUT2D eigenvalue weighted by Crippen LogP contribution is 2.19. The lowest BCUT2D eigenvalue weighted by molar-refractivity contribution is -0.131. The van der Waals surface area contributed by atoms with Crippen LogP contribution in [0.25, 0.3) is 0 Å². The van der Waals surface area contributed by atoms with Crippen LogP contribution >= 0.6 is 0 Å². The van der Waals surface area contributed by atoms with E-state index in [-0.39, 0.29) is 6.04 Å². The van der Waals surface area contributed by atoms with Crippen LogP contribution in [0.2, 0.25) is 0 Å². The fourth-order valence-corrected chi connectivity index (χ4v) is 2.95. The van der Waals surface area contributed by atoms with Crippen molar-refractivity contribution in [3.05, 3.63) is 83.9 Å². The summed E-state index contributed by atoms with van der Waals surface area (Å²) in [5.41, 5.74) is 2.46. The summed E-state index contributed by atoms with van der Waals surface area (Å²) in [5.74, 6) is -0.411. The molecular weight excluding hydrogens is 310 g/mol. The number of aliphatic carboxylic acids is 1. The summed E-state index contributed by atoms with van der Waals surface area (Å²) in [6, 6.07) is 20.7. The van der Waals surface area contributed by atoms with Gasteiger partial charge in [-0.25, -0.2) is 4.79 Å². The van der Waals surface area contributed by atoms with Crippen molar-refractivity contribution in [3.63, 3.8) is 0 Å². The van der Waals surface area contributed by atoms with Gasteiger partial charge in [-0.15, -0.1) is 0 Å². The Morgan fingerprint density at radius 3 is 1.84 bits per heavy atom. The van der Waals surface area contributed by atoms with E-state index in [1.165, 1.54) is 17.2 Å². The largest absolute Gasteiger partial charge is 0.478 e. The molecule has 132 valence electrons. The van der Waals surface area contributed by atoms with E-state index in [1.54, 1.807) is 0 Å². The summed E-state index contributed by atoms with van der Waals surface area (Å²) < 4.78 is 0. The van der Waals surface area contributed by atoms with Gasteiger partial charge in [0.15, 0.2) is 0 Å². The second kappa shape index (κ2) is 9.80. The molecule has 0 spiro atoms. The number of hydrogen-bond donors (Lipinski definition) is 1. The molecule has 0 aliphatic rings. The summed E-state index contributed by atoms with van der Waals surface area (Å²) in [7, 11) is 0. The predicted molar refractivity (Wildman–Crippen MR) is 102 cm³/mol. The molecule has 0 heterocycles. The summed E-state index contributed by atoms with van der Waals surface area (Å²) in [4.78, 5) is 13.4. The van der Waals surface area contributed by atoms with Gasteiger partial charge in [-0.2, -0.15) is 0 Å². The van der Waals surface area contributed by atoms with Gasteiger partial charge in [-0.3, -0.25) is 4.90 Å². The standard InChI is InChI=1S/C22H27NO2/c1-18(2)15-21(13-14-22(24)25)23(16-19-9-5-3-6-10-19)17-20-11-7-4-8-12-20/h3-14,18,21H,15-17H2,1-2H3,(H,24,25)/b14-13+/t21-/m1/s1. The molecule has 0 amide bonds. The van der Waals surface area contributed by atoms with Crippen molar-refractivity contribution in [2.45, 2.75) is 39.4 Å². The van der Waals surface area contributed by atoms with Crippen molar-refractivity contribution in [2.75, 3.05) is 0 Å². The van der Waals surface area contributed by atoms with Crippen LogP contribution < -0.4 is 0 Å². The maximum Gasteiger partial charge on any atom is 0.328 e. The first-order valence-corrected chi connectivity index (χ1v) is 8.77. The van der Waals surface area contributed by atoms with E-state index in [2.05, 4.69) is 43.0 Å². The van der Waals surface area contributed by atoms with Crippen molar-refractivity contribution in [2.24, 2.45) is 5.92 Å². The molecule has 0 saturated carbocycles. The van der Waals surface area contributed by atoms with Crippen molar-refractivity contribution >= 4 is 5.97 Å². The van der Waals surface area contributed by atoms with E-state index in [1.807, 2.05) is 42.5 Å². The average Bonchev–Trinajstić information content (AvgIpc) is 2.59. The Hall–Kier alpha value is -2.39. The molecule has 2 aromatic carbocycles. The molecule has 0 unspecified atom stereocenters. The van der Waals surface area contributed by atoms with Crippen LogP contribution in [0.3, 0.4) is 0 Å². The van der Waals surface area contributed by atoms with E-state index in [4.69, 9.17) is 5.11 Å². The van der Waals surface area contributed by atoms with Crippen LogP contribution in [0, 0.1) is 5.92 Å². The molecule has 1 atom stereocenters. The van der Waals surface area contributed by atoms with Crippen molar-refractivity contribution in [3.8, 4) is 0 Å². The third kappa shape index (κ3) is 6.94. The summed E-state index contributed by atoms with van der Waals surface area (Å²) in [6.45, 7) is 5.92. The quantitative estimate of drug-likeness (QED) is 0.672. The van der Waals surface area contributed by atoms with Gasteiger partial charge in [0.05, 0.1) is 0 Å². The number of hydrogen-bond acceptors (Lipinski definition) is 2. The molecule has 0 saturated heterocycles. The third-order valence-corrected chi connectivity index (χ3v) is 4.10. The van der Waals surface area contributed by atoms with Gasteiger partial charge in [0, 0.05) is 25.2 Å². The maximum atomic E-state index is 11.0. The summed E-state index contributed by atoms with van der Waals surface area (Å²) in [6.07, 6.45) is 4.02. The normalized spacial score (nSPS) is 12.8. The van der Waals surface area contributed by atoms with Gasteiger partial charge >= 0.3 is 5.97 Å². The minimum absolute atomic E-state index is 0.0801. The summed E-state index contributed by atoms with van der Waals surface area (Å²) in [5, 5.41) is 9.05. The van der Waals surface area contributed by atoms with Crippen molar-refractivity contribution in [1.29, 1.82) is 0 Å². The van der Waals surface area contributed by atoms with Crippen LogP contribution in [0.15, 0.2) is 72.8 Å². The van der Waals surface area contributed by atoms with Gasteiger partial charge in [0.1, 0.15) is 0 Å². The minimum atomic E-state index is -0.895. The lowest BCUT2D eigenvalue weighted by Crippen LogP contribution is -2.34. The Balaban J connectivity index is 2.26. The molecule has 0 bridgehead atoms. The van der Waals surface area contributed by atoms with Crippen LogP contribution in [-0.2, 0) is 17.9 Å². The van der Waals surface area contributed by atoms with Crippen molar-refractivity contribution in [1.82, 2.24) is 4.90 Å². The Bertz CT molecular complexity index is 623. The Morgan fingerprint density at radius 1 is 0.960 bits per heavy atom. The van der Waals surface area contributed by atoms with Gasteiger partial charge < -0.3 is 5.11 Å². The third-order valence-electron chi connectivity index (χ3n) is 4.10. The molecule has 3 nitrogen and oxygen atoms in total. The Labute approximate surface area is 150 Å². The van der Waals surface area contributed by atoms with Gasteiger partial charge in [0.2, 0.25) is 0 Å². The van der Waals surface area contributed by atoms with Crippen LogP contribution in [0.1, 0.15) is 31.4 Å². The second-order valence-electron chi connectivity index (χ2n) is 6.77. The highest BCUT2D eigenvalue weighted by molar-refractivity contribution is 5.79. The Morgan fingerprint density at radius 2 is 1.44 bits per heavy atom. The zero-order valence-corrected chi connectivity index (χ0v) is 15.0.